The van der Waals surface area contributed by atoms with Gasteiger partial charge in [-0.2, -0.15) is 0 Å². The van der Waals surface area contributed by atoms with Gasteiger partial charge in [-0.25, -0.2) is 9.56 Å². The van der Waals surface area contributed by atoms with Gasteiger partial charge >= 0.3 is 7.82 Å². The minimum Gasteiger partial charge on any atom is -0.479 e. The molecule has 0 N–H and O–H groups in total. The van der Waals surface area contributed by atoms with E-state index in [4.69, 9.17) is 23.8 Å². The number of aryl methyl sites for hydroxylation is 2. The van der Waals surface area contributed by atoms with Gasteiger partial charge in [0.15, 0.2) is 5.90 Å². The maximum Gasteiger partial charge on any atom is 0.475 e. The zero-order chi connectivity index (χ0) is 33.1. The topological polar surface area (TPSA) is 66.4 Å². The molecule has 6 nitrogen and oxygen atoms in total. The molecule has 0 aliphatic carbocycles. The molecule has 1 heterocycles. The first-order valence-corrected chi connectivity index (χ1v) is 16.4. The fourth-order valence-corrected chi connectivity index (χ4v) is 5.72. The number of rotatable bonds is 19. The molecule has 1 aliphatic heterocycles. The molecule has 1 aliphatic rings. The van der Waals surface area contributed by atoms with E-state index in [1.54, 1.807) is 48.5 Å². The lowest BCUT2D eigenvalue weighted by Gasteiger charge is -2.26. The van der Waals surface area contributed by atoms with Crippen molar-refractivity contribution in [3.8, 4) is 0 Å². The molecule has 0 saturated heterocycles. The van der Waals surface area contributed by atoms with Gasteiger partial charge in [-0.15, -0.1) is 0 Å². The van der Waals surface area contributed by atoms with Gasteiger partial charge in [0, 0.05) is 6.92 Å². The van der Waals surface area contributed by atoms with Crippen molar-refractivity contribution in [3.63, 3.8) is 0 Å². The van der Waals surface area contributed by atoms with Crippen LogP contribution < -0.4 is 0 Å². The molecule has 0 fully saturated rings. The lowest BCUT2D eigenvalue weighted by molar-refractivity contribution is 0.0760. The normalized spacial score (nSPS) is 19.7. The van der Waals surface area contributed by atoms with Gasteiger partial charge in [-0.3, -0.25) is 13.6 Å². The Morgan fingerprint density at radius 3 is 1.88 bits per heavy atom. The maximum atomic E-state index is 14.1. The number of unbranched alkanes of at least 4 members (excludes halogenated alkanes) is 5. The van der Waals surface area contributed by atoms with Gasteiger partial charge < -0.3 is 4.74 Å². The summed E-state index contributed by atoms with van der Waals surface area (Å²) in [5.74, 6) is -0.0306. The molecule has 1 unspecified atom stereocenters. The molecule has 3 aromatic rings. The van der Waals surface area contributed by atoms with Crippen LogP contribution in [0.4, 0.5) is 0 Å². The van der Waals surface area contributed by atoms with Crippen molar-refractivity contribution in [2.75, 3.05) is 13.1 Å². The summed E-state index contributed by atoms with van der Waals surface area (Å²) in [4.78, 5) is 4.36. The minimum atomic E-state index is -4.63. The van der Waals surface area contributed by atoms with E-state index in [0.717, 1.165) is 18.4 Å². The summed E-state index contributed by atoms with van der Waals surface area (Å²) in [6, 6.07) is 26.0. The van der Waals surface area contributed by atoms with Crippen LogP contribution in [0.1, 0.15) is 86.5 Å². The van der Waals surface area contributed by atoms with Crippen LogP contribution in [0.15, 0.2) is 89.9 Å². The van der Waals surface area contributed by atoms with Crippen molar-refractivity contribution in [2.24, 2.45) is 4.99 Å². The van der Waals surface area contributed by atoms with Crippen molar-refractivity contribution >= 4 is 13.7 Å². The van der Waals surface area contributed by atoms with Gasteiger partial charge in [-0.05, 0) is 47.9 Å². The summed E-state index contributed by atoms with van der Waals surface area (Å²) in [7, 11) is -4.63. The Labute approximate surface area is 257 Å². The summed E-state index contributed by atoms with van der Waals surface area (Å²) in [6.45, 7) is -2.24. The van der Waals surface area contributed by atoms with Gasteiger partial charge in [-0.1, -0.05) is 124 Å². The van der Waals surface area contributed by atoms with E-state index in [2.05, 4.69) is 24.0 Å². The third-order valence-corrected chi connectivity index (χ3v) is 8.33. The molecule has 0 spiro atoms. The third kappa shape index (κ3) is 10.8. The lowest BCUT2D eigenvalue weighted by atomic mass is 9.93. The van der Waals surface area contributed by atoms with Crippen molar-refractivity contribution in [1.82, 2.24) is 0 Å². The number of phosphoric acid groups is 1. The van der Waals surface area contributed by atoms with Crippen molar-refractivity contribution < 1.29 is 28.4 Å². The first-order valence-electron chi connectivity index (χ1n) is 17.0. The summed E-state index contributed by atoms with van der Waals surface area (Å²) in [5, 5.41) is 0. The molecule has 3 aromatic carbocycles. The Kier molecular flexibility index (Phi) is 10.7. The number of nitrogens with zero attached hydrogens (tertiary/aromatic N) is 1. The largest absolute Gasteiger partial charge is 0.479 e. The first kappa shape index (κ1) is 26.8. The van der Waals surface area contributed by atoms with Crippen LogP contribution >= 0.6 is 7.82 Å². The highest BCUT2D eigenvalue weighted by Gasteiger charge is 2.39. The average molecular weight is 596 g/mol. The van der Waals surface area contributed by atoms with Crippen LogP contribution in [0.5, 0.6) is 0 Å². The van der Waals surface area contributed by atoms with E-state index in [1.165, 1.54) is 44.6 Å². The predicted molar refractivity (Wildman–Crippen MR) is 170 cm³/mol. The molecule has 7 heteroatoms. The lowest BCUT2D eigenvalue weighted by Crippen LogP contribution is -2.35. The second kappa shape index (κ2) is 16.8. The van der Waals surface area contributed by atoms with E-state index in [0.29, 0.717) is 11.1 Å². The maximum absolute atomic E-state index is 14.1. The molecule has 4 rings (SSSR count). The SMILES string of the molecule is [2H]C1([2H])OC(C)=NC1(CCc1ccc(CCCCCCCC)cc1)C([2H])([2H])OP(=O)(OCc1ccccc1)OCc1ccccc1. The number of hydrogen-bond donors (Lipinski definition) is 0. The number of phosphoric ester groups is 1. The Hall–Kier alpha value is -2.76. The molecule has 42 heavy (non-hydrogen) atoms. The molecule has 0 saturated carbocycles. The predicted octanol–water partition coefficient (Wildman–Crippen LogP) is 9.27. The zero-order valence-corrected chi connectivity index (χ0v) is 25.7. The van der Waals surface area contributed by atoms with E-state index >= 15 is 0 Å². The van der Waals surface area contributed by atoms with E-state index in [1.807, 2.05) is 24.3 Å². The van der Waals surface area contributed by atoms with Crippen LogP contribution in [-0.2, 0) is 48.9 Å². The van der Waals surface area contributed by atoms with Crippen LogP contribution in [0.3, 0.4) is 0 Å². The Balaban J connectivity index is 1.51. The van der Waals surface area contributed by atoms with Crippen molar-refractivity contribution in [2.45, 2.75) is 90.4 Å². The summed E-state index contributed by atoms with van der Waals surface area (Å²) in [6.07, 6.45) is 8.54. The molecule has 0 bridgehead atoms. The van der Waals surface area contributed by atoms with Crippen LogP contribution in [0.25, 0.3) is 0 Å². The number of benzene rings is 3. The average Bonchev–Trinajstić information content (AvgIpc) is 3.29. The third-order valence-electron chi connectivity index (χ3n) is 7.12. The summed E-state index contributed by atoms with van der Waals surface area (Å²) >= 11 is 0. The van der Waals surface area contributed by atoms with Gasteiger partial charge in [0.2, 0.25) is 0 Å². The molecule has 0 radical (unpaired) electrons. The fourth-order valence-electron chi connectivity index (χ4n) is 4.66. The molecule has 1 atom stereocenters. The molecule has 226 valence electrons. The van der Waals surface area contributed by atoms with E-state index in [9.17, 15) is 4.57 Å². The summed E-state index contributed by atoms with van der Waals surface area (Å²) < 4.78 is 72.1. The number of ether oxygens (including phenoxy) is 1. The summed E-state index contributed by atoms with van der Waals surface area (Å²) in [5.41, 5.74) is 1.27. The highest BCUT2D eigenvalue weighted by atomic mass is 31.2. The van der Waals surface area contributed by atoms with Crippen molar-refractivity contribution in [3.05, 3.63) is 107 Å². The molecule has 0 aromatic heterocycles. The quantitative estimate of drug-likeness (QED) is 0.102. The molecule has 0 amide bonds. The van der Waals surface area contributed by atoms with Gasteiger partial charge in [0.05, 0.1) is 25.3 Å². The second-order valence-electron chi connectivity index (χ2n) is 10.7. The monoisotopic (exact) mass is 595 g/mol. The second-order valence-corrected chi connectivity index (χ2v) is 12.3. The van der Waals surface area contributed by atoms with Crippen LogP contribution in [0, 0.1) is 0 Å². The fraction of sp³-hybridized carbons (Fsp3) is 0.457. The standard InChI is InChI=1S/C35H46NO5P/c1-3-4-5-6-7-10-15-31-20-22-32(23-21-31)24-25-35(28-38-30(2)36-35)29-41-42(37,39-26-33-16-11-8-12-17-33)40-27-34-18-13-9-14-19-34/h8-9,11-14,16-23H,3-7,10,15,24-29H2,1-2H3/i28D2,29D2. The molecular weight excluding hydrogens is 545 g/mol. The molecular formula is C35H46NO5P. The number of aliphatic imine (C=N–C) groups is 1. The van der Waals surface area contributed by atoms with Crippen LogP contribution in [-0.4, -0.2) is 24.6 Å². The van der Waals surface area contributed by atoms with E-state index in [-0.39, 0.29) is 32.0 Å². The minimum absolute atomic E-state index is 0.0306. The Morgan fingerprint density at radius 1 is 0.786 bits per heavy atom. The smallest absolute Gasteiger partial charge is 0.475 e. The highest BCUT2D eigenvalue weighted by molar-refractivity contribution is 7.48. The van der Waals surface area contributed by atoms with Crippen LogP contribution in [0.2, 0.25) is 0 Å². The van der Waals surface area contributed by atoms with E-state index < -0.39 is 26.5 Å². The Bertz CT molecular complexity index is 1390. The van der Waals surface area contributed by atoms with Gasteiger partial charge in [0.1, 0.15) is 12.1 Å². The number of hydrogen-bond acceptors (Lipinski definition) is 6. The Morgan fingerprint density at radius 2 is 1.33 bits per heavy atom. The van der Waals surface area contributed by atoms with Gasteiger partial charge in [0.25, 0.3) is 0 Å². The highest BCUT2D eigenvalue weighted by Crippen LogP contribution is 2.52. The zero-order valence-electron chi connectivity index (χ0n) is 28.8. The first-order chi connectivity index (χ1) is 22.0. The van der Waals surface area contributed by atoms with Crippen molar-refractivity contribution in [1.29, 1.82) is 0 Å².